The number of nitrogens with zero attached hydrogens (tertiary/aromatic N) is 3. The van der Waals surface area contributed by atoms with E-state index in [1.165, 1.54) is 6.92 Å². The summed E-state index contributed by atoms with van der Waals surface area (Å²) in [6, 6.07) is -0.792. The lowest BCUT2D eigenvalue weighted by Crippen LogP contribution is -2.29. The van der Waals surface area contributed by atoms with E-state index in [1.807, 2.05) is 0 Å². The van der Waals surface area contributed by atoms with E-state index in [0.717, 1.165) is 6.20 Å². The molecule has 0 bridgehead atoms. The first-order valence-corrected chi connectivity index (χ1v) is 5.40. The van der Waals surface area contributed by atoms with E-state index in [2.05, 4.69) is 20.7 Å². The number of ether oxygens (including phenoxy) is 1. The summed E-state index contributed by atoms with van der Waals surface area (Å²) >= 11 is 0. The lowest BCUT2D eigenvalue weighted by atomic mass is 10.3. The van der Waals surface area contributed by atoms with E-state index in [0.29, 0.717) is 0 Å². The number of rotatable bonds is 6. The molecule has 104 valence electrons. The summed E-state index contributed by atoms with van der Waals surface area (Å²) in [5.41, 5.74) is 1.79. The average Bonchev–Trinajstić information content (AvgIpc) is 2.38. The van der Waals surface area contributed by atoms with Gasteiger partial charge in [-0.15, -0.1) is 0 Å². The standard InChI is InChI=1S/C9H14N6O4/c1-3-19-8(16)5(2)12-7-6(15(17)18)4-11-9(13-7)14-10/h4-5H,3,10H2,1-2H3,(H2,11,12,13,14). The van der Waals surface area contributed by atoms with Gasteiger partial charge in [0.15, 0.2) is 0 Å². The highest BCUT2D eigenvalue weighted by Gasteiger charge is 2.22. The predicted octanol–water partition coefficient (Wildman–Crippen LogP) is 0.0339. The van der Waals surface area contributed by atoms with Crippen LogP contribution in [0.5, 0.6) is 0 Å². The SMILES string of the molecule is CCOC(=O)C(C)Nc1nc(NN)ncc1[N+](=O)[O-]. The first kappa shape index (κ1) is 14.6. The van der Waals surface area contributed by atoms with Gasteiger partial charge in [0.25, 0.3) is 0 Å². The maximum atomic E-state index is 11.4. The number of nitrogens with two attached hydrogens (primary N) is 1. The van der Waals surface area contributed by atoms with Crippen LogP contribution in [0.1, 0.15) is 13.8 Å². The third kappa shape index (κ3) is 3.74. The number of nitrogen functional groups attached to an aromatic ring is 1. The molecule has 19 heavy (non-hydrogen) atoms. The van der Waals surface area contributed by atoms with E-state index >= 15 is 0 Å². The van der Waals surface area contributed by atoms with Crippen molar-refractivity contribution in [3.05, 3.63) is 16.3 Å². The zero-order valence-electron chi connectivity index (χ0n) is 10.4. The number of nitrogens with one attached hydrogen (secondary N) is 2. The molecule has 0 amide bonds. The zero-order chi connectivity index (χ0) is 14.4. The molecule has 0 radical (unpaired) electrons. The van der Waals surface area contributed by atoms with E-state index in [4.69, 9.17) is 10.6 Å². The van der Waals surface area contributed by atoms with Crippen LogP contribution in [0.3, 0.4) is 0 Å². The summed E-state index contributed by atoms with van der Waals surface area (Å²) in [4.78, 5) is 29.0. The third-order valence-corrected chi connectivity index (χ3v) is 2.09. The number of nitro groups is 1. The molecule has 1 aromatic heterocycles. The van der Waals surface area contributed by atoms with Crippen LogP contribution >= 0.6 is 0 Å². The Balaban J connectivity index is 2.97. The van der Waals surface area contributed by atoms with Gasteiger partial charge in [0.05, 0.1) is 11.5 Å². The van der Waals surface area contributed by atoms with Crippen molar-refractivity contribution in [3.63, 3.8) is 0 Å². The minimum atomic E-state index is -0.792. The first-order chi connectivity index (χ1) is 8.99. The smallest absolute Gasteiger partial charge is 0.329 e. The van der Waals surface area contributed by atoms with Crippen molar-refractivity contribution in [3.8, 4) is 0 Å². The van der Waals surface area contributed by atoms with Crippen molar-refractivity contribution < 1.29 is 14.5 Å². The van der Waals surface area contributed by atoms with Gasteiger partial charge < -0.3 is 10.1 Å². The Labute approximate surface area is 108 Å². The monoisotopic (exact) mass is 270 g/mol. The minimum absolute atomic E-state index is 0.0100. The van der Waals surface area contributed by atoms with Crippen LogP contribution in [0.4, 0.5) is 17.5 Å². The molecule has 0 aliphatic heterocycles. The number of carbonyl (C=O) groups excluding carboxylic acids is 1. The largest absolute Gasteiger partial charge is 0.464 e. The van der Waals surface area contributed by atoms with Gasteiger partial charge in [0.1, 0.15) is 12.2 Å². The normalized spacial score (nSPS) is 11.5. The van der Waals surface area contributed by atoms with Crippen molar-refractivity contribution in [1.82, 2.24) is 9.97 Å². The molecule has 0 fully saturated rings. The van der Waals surface area contributed by atoms with E-state index < -0.39 is 16.9 Å². The van der Waals surface area contributed by atoms with Gasteiger partial charge in [-0.05, 0) is 13.8 Å². The number of hydrogen-bond donors (Lipinski definition) is 3. The predicted molar refractivity (Wildman–Crippen MR) is 66.2 cm³/mol. The third-order valence-electron chi connectivity index (χ3n) is 2.09. The molecule has 0 aliphatic rings. The van der Waals surface area contributed by atoms with Crippen LogP contribution in [0, 0.1) is 10.1 Å². The van der Waals surface area contributed by atoms with Gasteiger partial charge in [0.2, 0.25) is 11.8 Å². The van der Waals surface area contributed by atoms with Gasteiger partial charge in [0, 0.05) is 0 Å². The van der Waals surface area contributed by atoms with Crippen molar-refractivity contribution in [1.29, 1.82) is 0 Å². The van der Waals surface area contributed by atoms with Crippen LogP contribution in [-0.2, 0) is 9.53 Å². The second-order valence-corrected chi connectivity index (χ2v) is 3.45. The molecule has 1 atom stereocenters. The van der Waals surface area contributed by atoms with Crippen LogP contribution in [0.25, 0.3) is 0 Å². The highest BCUT2D eigenvalue weighted by molar-refractivity contribution is 5.79. The summed E-state index contributed by atoms with van der Waals surface area (Å²) < 4.78 is 4.78. The second-order valence-electron chi connectivity index (χ2n) is 3.45. The van der Waals surface area contributed by atoms with Crippen molar-refractivity contribution in [2.45, 2.75) is 19.9 Å². The molecule has 4 N–H and O–H groups in total. The van der Waals surface area contributed by atoms with Gasteiger partial charge in [-0.3, -0.25) is 15.5 Å². The molecule has 1 aromatic rings. The topological polar surface area (TPSA) is 145 Å². The summed E-state index contributed by atoms with van der Waals surface area (Å²) in [5, 5.41) is 13.4. The van der Waals surface area contributed by atoms with Crippen LogP contribution in [-0.4, -0.2) is 33.5 Å². The fourth-order valence-corrected chi connectivity index (χ4v) is 1.22. The van der Waals surface area contributed by atoms with Crippen molar-refractivity contribution in [2.75, 3.05) is 17.3 Å². The highest BCUT2D eigenvalue weighted by Crippen LogP contribution is 2.22. The molecule has 10 nitrogen and oxygen atoms in total. The molecule has 1 rings (SSSR count). The van der Waals surface area contributed by atoms with Gasteiger partial charge in [-0.2, -0.15) is 4.98 Å². The zero-order valence-corrected chi connectivity index (χ0v) is 10.4. The fourth-order valence-electron chi connectivity index (χ4n) is 1.22. The quantitative estimate of drug-likeness (QED) is 0.282. The maximum absolute atomic E-state index is 11.4. The van der Waals surface area contributed by atoms with Gasteiger partial charge in [-0.25, -0.2) is 15.6 Å². The van der Waals surface area contributed by atoms with Crippen molar-refractivity contribution >= 4 is 23.4 Å². The Bertz CT molecular complexity index is 480. The summed E-state index contributed by atoms with van der Waals surface area (Å²) in [6.45, 7) is 3.37. The lowest BCUT2D eigenvalue weighted by Gasteiger charge is -2.13. The van der Waals surface area contributed by atoms with Crippen LogP contribution in [0.15, 0.2) is 6.20 Å². The Morgan fingerprint density at radius 2 is 2.37 bits per heavy atom. The van der Waals surface area contributed by atoms with E-state index in [9.17, 15) is 14.9 Å². The minimum Gasteiger partial charge on any atom is -0.464 e. The Hall–Kier alpha value is -2.49. The van der Waals surface area contributed by atoms with E-state index in [1.54, 1.807) is 6.92 Å². The van der Waals surface area contributed by atoms with Gasteiger partial charge >= 0.3 is 11.7 Å². The van der Waals surface area contributed by atoms with E-state index in [-0.39, 0.29) is 24.1 Å². The summed E-state index contributed by atoms with van der Waals surface area (Å²) in [5.74, 6) is 4.45. The molecule has 10 heteroatoms. The Kier molecular flexibility index (Phi) is 4.94. The molecule has 0 aromatic carbocycles. The number of hydrazine groups is 1. The number of aromatic nitrogens is 2. The van der Waals surface area contributed by atoms with Gasteiger partial charge in [-0.1, -0.05) is 0 Å². The average molecular weight is 270 g/mol. The Morgan fingerprint density at radius 1 is 1.68 bits per heavy atom. The Morgan fingerprint density at radius 3 is 2.89 bits per heavy atom. The molecule has 0 saturated heterocycles. The maximum Gasteiger partial charge on any atom is 0.329 e. The number of esters is 1. The fraction of sp³-hybridized carbons (Fsp3) is 0.444. The van der Waals surface area contributed by atoms with Crippen LogP contribution < -0.4 is 16.6 Å². The molecule has 0 spiro atoms. The number of carbonyl (C=O) groups is 1. The molecule has 0 aliphatic carbocycles. The molecule has 1 heterocycles. The number of anilines is 2. The molecule has 1 unspecified atom stereocenters. The molecular formula is C9H14N6O4. The number of hydrogen-bond acceptors (Lipinski definition) is 9. The summed E-state index contributed by atoms with van der Waals surface area (Å²) in [7, 11) is 0. The lowest BCUT2D eigenvalue weighted by molar-refractivity contribution is -0.384. The molecular weight excluding hydrogens is 256 g/mol. The second kappa shape index (κ2) is 6.44. The highest BCUT2D eigenvalue weighted by atomic mass is 16.6. The molecule has 0 saturated carbocycles. The summed E-state index contributed by atoms with van der Waals surface area (Å²) in [6.07, 6.45) is 0.988. The first-order valence-electron chi connectivity index (χ1n) is 5.40. The van der Waals surface area contributed by atoms with Crippen molar-refractivity contribution in [2.24, 2.45) is 5.84 Å². The van der Waals surface area contributed by atoms with Crippen LogP contribution in [0.2, 0.25) is 0 Å².